The highest BCUT2D eigenvalue weighted by Crippen LogP contribution is 2.27. The fourth-order valence-corrected chi connectivity index (χ4v) is 2.38. The fourth-order valence-electron chi connectivity index (χ4n) is 1.66. The first-order valence-corrected chi connectivity index (χ1v) is 7.28. The second-order valence-corrected chi connectivity index (χ2v) is 5.43. The van der Waals surface area contributed by atoms with E-state index in [1.807, 2.05) is 6.07 Å². The number of carbonyl (C=O) groups excluding carboxylic acids is 1. The monoisotopic (exact) mass is 369 g/mol. The molecule has 0 saturated carbocycles. The highest BCUT2D eigenvalue weighted by atomic mass is 79.9. The van der Waals surface area contributed by atoms with Crippen LogP contribution in [0.3, 0.4) is 0 Å². The Morgan fingerprint density at radius 2 is 1.95 bits per heavy atom. The van der Waals surface area contributed by atoms with Gasteiger partial charge in [-0.15, -0.1) is 0 Å². The molecule has 0 aliphatic rings. The predicted molar refractivity (Wildman–Crippen MR) is 86.3 cm³/mol. The molecule has 21 heavy (non-hydrogen) atoms. The number of nitrogens with one attached hydrogen (secondary N) is 1. The molecule has 0 unspecified atom stereocenters. The highest BCUT2D eigenvalue weighted by molar-refractivity contribution is 9.10. The molecule has 0 bridgehead atoms. The van der Waals surface area contributed by atoms with Crippen molar-refractivity contribution in [2.24, 2.45) is 0 Å². The molecule has 2 aromatic rings. The summed E-state index contributed by atoms with van der Waals surface area (Å²) in [7, 11) is 1.55. The SMILES string of the molecule is COc1ccccc1OCC(=O)Nc1ccc(Br)cc1Cl. The standard InChI is InChI=1S/C15H13BrClNO3/c1-20-13-4-2-3-5-14(13)21-9-15(19)18-12-7-6-10(16)8-11(12)17/h2-8H,9H2,1H3,(H,18,19). The maximum absolute atomic E-state index is 11.9. The van der Waals surface area contributed by atoms with Crippen LogP contribution in [-0.2, 0) is 4.79 Å². The van der Waals surface area contributed by atoms with Gasteiger partial charge in [-0.3, -0.25) is 4.79 Å². The Bertz CT molecular complexity index is 649. The Balaban J connectivity index is 1.96. The van der Waals surface area contributed by atoms with Gasteiger partial charge in [-0.25, -0.2) is 0 Å². The molecule has 0 saturated heterocycles. The molecule has 0 spiro atoms. The smallest absolute Gasteiger partial charge is 0.262 e. The number of halogens is 2. The maximum Gasteiger partial charge on any atom is 0.262 e. The molecular weight excluding hydrogens is 358 g/mol. The van der Waals surface area contributed by atoms with Gasteiger partial charge >= 0.3 is 0 Å². The summed E-state index contributed by atoms with van der Waals surface area (Å²) < 4.78 is 11.4. The largest absolute Gasteiger partial charge is 0.493 e. The van der Waals surface area contributed by atoms with Crippen LogP contribution in [0.15, 0.2) is 46.9 Å². The molecule has 0 atom stereocenters. The van der Waals surface area contributed by atoms with Crippen LogP contribution in [0.4, 0.5) is 5.69 Å². The van der Waals surface area contributed by atoms with Crippen molar-refractivity contribution in [2.45, 2.75) is 0 Å². The van der Waals surface area contributed by atoms with E-state index in [1.165, 1.54) is 0 Å². The minimum atomic E-state index is -0.301. The average molecular weight is 371 g/mol. The Morgan fingerprint density at radius 3 is 2.62 bits per heavy atom. The number of hydrogen-bond acceptors (Lipinski definition) is 3. The third-order valence-electron chi connectivity index (χ3n) is 2.63. The number of ether oxygens (including phenoxy) is 2. The molecule has 0 fully saturated rings. The van der Waals surface area contributed by atoms with Crippen molar-refractivity contribution >= 4 is 39.1 Å². The lowest BCUT2D eigenvalue weighted by Crippen LogP contribution is -2.20. The van der Waals surface area contributed by atoms with E-state index in [4.69, 9.17) is 21.1 Å². The van der Waals surface area contributed by atoms with E-state index in [0.717, 1.165) is 4.47 Å². The second-order valence-electron chi connectivity index (χ2n) is 4.11. The molecule has 0 aliphatic heterocycles. The molecule has 6 heteroatoms. The average Bonchev–Trinajstić information content (AvgIpc) is 2.48. The maximum atomic E-state index is 11.9. The van der Waals surface area contributed by atoms with E-state index >= 15 is 0 Å². The Kier molecular flexibility index (Phi) is 5.47. The second kappa shape index (κ2) is 7.33. The molecule has 2 rings (SSSR count). The molecule has 1 amide bonds. The van der Waals surface area contributed by atoms with Gasteiger partial charge in [0, 0.05) is 4.47 Å². The van der Waals surface area contributed by atoms with Crippen LogP contribution in [-0.4, -0.2) is 19.6 Å². The van der Waals surface area contributed by atoms with Gasteiger partial charge in [-0.1, -0.05) is 39.7 Å². The third-order valence-corrected chi connectivity index (χ3v) is 3.44. The van der Waals surface area contributed by atoms with Crippen molar-refractivity contribution in [1.82, 2.24) is 0 Å². The minimum absolute atomic E-state index is 0.132. The fraction of sp³-hybridized carbons (Fsp3) is 0.133. The van der Waals surface area contributed by atoms with E-state index in [2.05, 4.69) is 21.2 Å². The Labute approximate surface area is 136 Å². The van der Waals surface area contributed by atoms with E-state index in [-0.39, 0.29) is 12.5 Å². The van der Waals surface area contributed by atoms with E-state index in [0.29, 0.717) is 22.2 Å². The van der Waals surface area contributed by atoms with Crippen LogP contribution in [0, 0.1) is 0 Å². The number of carbonyl (C=O) groups is 1. The first kappa shape index (κ1) is 15.7. The van der Waals surface area contributed by atoms with Crippen molar-refractivity contribution in [3.8, 4) is 11.5 Å². The number of anilines is 1. The van der Waals surface area contributed by atoms with Gasteiger partial charge < -0.3 is 14.8 Å². The highest BCUT2D eigenvalue weighted by Gasteiger charge is 2.09. The topological polar surface area (TPSA) is 47.6 Å². The number of methoxy groups -OCH3 is 1. The Morgan fingerprint density at radius 1 is 1.24 bits per heavy atom. The van der Waals surface area contributed by atoms with Crippen molar-refractivity contribution < 1.29 is 14.3 Å². The van der Waals surface area contributed by atoms with Crippen LogP contribution in [0.2, 0.25) is 5.02 Å². The van der Waals surface area contributed by atoms with Gasteiger partial charge in [0.05, 0.1) is 17.8 Å². The van der Waals surface area contributed by atoms with Crippen LogP contribution < -0.4 is 14.8 Å². The summed E-state index contributed by atoms with van der Waals surface area (Å²) >= 11 is 9.34. The summed E-state index contributed by atoms with van der Waals surface area (Å²) in [5.74, 6) is 0.786. The lowest BCUT2D eigenvalue weighted by Gasteiger charge is -2.11. The predicted octanol–water partition coefficient (Wildman–Crippen LogP) is 4.13. The third kappa shape index (κ3) is 4.37. The normalized spacial score (nSPS) is 10.0. The van der Waals surface area contributed by atoms with Gasteiger partial charge in [0.15, 0.2) is 18.1 Å². The van der Waals surface area contributed by atoms with Gasteiger partial charge in [0.25, 0.3) is 5.91 Å². The molecule has 4 nitrogen and oxygen atoms in total. The van der Waals surface area contributed by atoms with Gasteiger partial charge in [0.1, 0.15) is 0 Å². The molecule has 0 aliphatic carbocycles. The molecule has 110 valence electrons. The number of rotatable bonds is 5. The zero-order valence-corrected chi connectivity index (χ0v) is 13.6. The number of benzene rings is 2. The Hall–Kier alpha value is -1.72. The van der Waals surface area contributed by atoms with Crippen LogP contribution in [0.25, 0.3) is 0 Å². The first-order valence-electron chi connectivity index (χ1n) is 6.11. The van der Waals surface area contributed by atoms with Crippen LogP contribution in [0.5, 0.6) is 11.5 Å². The van der Waals surface area contributed by atoms with Crippen LogP contribution in [0.1, 0.15) is 0 Å². The number of para-hydroxylation sites is 2. The van der Waals surface area contributed by atoms with Crippen molar-refractivity contribution in [2.75, 3.05) is 19.0 Å². The number of hydrogen-bond donors (Lipinski definition) is 1. The molecular formula is C15H13BrClNO3. The summed E-state index contributed by atoms with van der Waals surface area (Å²) in [6, 6.07) is 12.3. The van der Waals surface area contributed by atoms with Gasteiger partial charge in [-0.2, -0.15) is 0 Å². The summed E-state index contributed by atoms with van der Waals surface area (Å²) in [4.78, 5) is 11.9. The molecule has 0 aromatic heterocycles. The van der Waals surface area contributed by atoms with Crippen molar-refractivity contribution in [3.05, 3.63) is 52.0 Å². The zero-order chi connectivity index (χ0) is 15.2. The molecule has 1 N–H and O–H groups in total. The first-order chi connectivity index (χ1) is 10.1. The van der Waals surface area contributed by atoms with Crippen molar-refractivity contribution in [1.29, 1.82) is 0 Å². The summed E-state index contributed by atoms with van der Waals surface area (Å²) in [5, 5.41) is 3.14. The van der Waals surface area contributed by atoms with E-state index in [1.54, 1.807) is 43.5 Å². The lowest BCUT2D eigenvalue weighted by atomic mass is 10.3. The van der Waals surface area contributed by atoms with E-state index < -0.39 is 0 Å². The minimum Gasteiger partial charge on any atom is -0.493 e. The van der Waals surface area contributed by atoms with E-state index in [9.17, 15) is 4.79 Å². The van der Waals surface area contributed by atoms with Crippen molar-refractivity contribution in [3.63, 3.8) is 0 Å². The lowest BCUT2D eigenvalue weighted by molar-refractivity contribution is -0.118. The molecule has 0 radical (unpaired) electrons. The zero-order valence-electron chi connectivity index (χ0n) is 11.2. The van der Waals surface area contributed by atoms with Gasteiger partial charge in [0.2, 0.25) is 0 Å². The number of amides is 1. The van der Waals surface area contributed by atoms with Crippen LogP contribution >= 0.6 is 27.5 Å². The summed E-state index contributed by atoms with van der Waals surface area (Å²) in [6.07, 6.45) is 0. The quantitative estimate of drug-likeness (QED) is 0.861. The summed E-state index contributed by atoms with van der Waals surface area (Å²) in [5.41, 5.74) is 0.536. The summed E-state index contributed by atoms with van der Waals surface area (Å²) in [6.45, 7) is -0.132. The molecule has 2 aromatic carbocycles. The molecule has 0 heterocycles. The van der Waals surface area contributed by atoms with Gasteiger partial charge in [-0.05, 0) is 30.3 Å².